The number of carbonyl (C=O) groups is 2. The van der Waals surface area contributed by atoms with Crippen molar-refractivity contribution in [3.8, 4) is 0 Å². The fourth-order valence-corrected chi connectivity index (χ4v) is 2.97. The standard InChI is InChI=1S/C15H28N2O3/c1-3-5-13(14(18)19)17-15(20)16-9-8-12-7-4-6-11(2)10-12/h11-13H,3-10H2,1-2H3,(H,18,19)(H2,16,17,20). The van der Waals surface area contributed by atoms with Crippen LogP contribution in [0, 0.1) is 11.8 Å². The van der Waals surface area contributed by atoms with E-state index in [1.165, 1.54) is 25.7 Å². The number of aliphatic carboxylic acids is 1. The molecule has 0 aromatic rings. The van der Waals surface area contributed by atoms with Gasteiger partial charge in [-0.1, -0.05) is 39.5 Å². The highest BCUT2D eigenvalue weighted by Gasteiger charge is 2.20. The predicted molar refractivity (Wildman–Crippen MR) is 78.6 cm³/mol. The first kappa shape index (κ1) is 16.8. The van der Waals surface area contributed by atoms with E-state index in [1.807, 2.05) is 6.92 Å². The lowest BCUT2D eigenvalue weighted by Crippen LogP contribution is -2.46. The second kappa shape index (κ2) is 8.82. The highest BCUT2D eigenvalue weighted by atomic mass is 16.4. The molecule has 1 fully saturated rings. The number of carboxylic acid groups (broad SMARTS) is 1. The van der Waals surface area contributed by atoms with Crippen LogP contribution in [0.2, 0.25) is 0 Å². The Balaban J connectivity index is 2.20. The Bertz CT molecular complexity index is 320. The first-order valence-corrected chi connectivity index (χ1v) is 7.80. The summed E-state index contributed by atoms with van der Waals surface area (Å²) in [7, 11) is 0. The van der Waals surface area contributed by atoms with Crippen molar-refractivity contribution in [2.45, 2.75) is 64.8 Å². The van der Waals surface area contributed by atoms with Gasteiger partial charge in [-0.05, 0) is 31.1 Å². The van der Waals surface area contributed by atoms with Crippen LogP contribution in [0.25, 0.3) is 0 Å². The summed E-state index contributed by atoms with van der Waals surface area (Å²) >= 11 is 0. The molecule has 0 radical (unpaired) electrons. The van der Waals surface area contributed by atoms with Crippen LogP contribution >= 0.6 is 0 Å². The van der Waals surface area contributed by atoms with Crippen molar-refractivity contribution in [2.75, 3.05) is 6.54 Å². The molecule has 2 amide bonds. The molecule has 5 nitrogen and oxygen atoms in total. The zero-order chi connectivity index (χ0) is 15.0. The maximum atomic E-state index is 11.7. The van der Waals surface area contributed by atoms with Crippen LogP contribution in [-0.2, 0) is 4.79 Å². The molecular weight excluding hydrogens is 256 g/mol. The monoisotopic (exact) mass is 284 g/mol. The Hall–Kier alpha value is -1.26. The first-order valence-electron chi connectivity index (χ1n) is 7.80. The lowest BCUT2D eigenvalue weighted by atomic mass is 9.81. The average molecular weight is 284 g/mol. The summed E-state index contributed by atoms with van der Waals surface area (Å²) in [5, 5.41) is 14.3. The van der Waals surface area contributed by atoms with Crippen molar-refractivity contribution in [3.05, 3.63) is 0 Å². The largest absolute Gasteiger partial charge is 0.480 e. The number of hydrogen-bond acceptors (Lipinski definition) is 2. The minimum Gasteiger partial charge on any atom is -0.480 e. The SMILES string of the molecule is CCCC(NC(=O)NCCC1CCCC(C)C1)C(=O)O. The molecular formula is C15H28N2O3. The van der Waals surface area contributed by atoms with Crippen molar-refractivity contribution in [3.63, 3.8) is 0 Å². The van der Waals surface area contributed by atoms with Gasteiger partial charge in [-0.25, -0.2) is 9.59 Å². The zero-order valence-electron chi connectivity index (χ0n) is 12.7. The second-order valence-electron chi connectivity index (χ2n) is 6.01. The Morgan fingerprint density at radius 2 is 2.10 bits per heavy atom. The van der Waals surface area contributed by atoms with Crippen LogP contribution in [-0.4, -0.2) is 29.7 Å². The van der Waals surface area contributed by atoms with Gasteiger partial charge in [-0.15, -0.1) is 0 Å². The molecule has 116 valence electrons. The molecule has 3 unspecified atom stereocenters. The number of urea groups is 1. The molecule has 3 N–H and O–H groups in total. The molecule has 0 aromatic heterocycles. The van der Waals surface area contributed by atoms with E-state index in [-0.39, 0.29) is 6.03 Å². The van der Waals surface area contributed by atoms with Gasteiger partial charge in [0.15, 0.2) is 0 Å². The second-order valence-corrected chi connectivity index (χ2v) is 6.01. The first-order chi connectivity index (χ1) is 9.52. The number of amides is 2. The quantitative estimate of drug-likeness (QED) is 0.672. The molecule has 1 aliphatic carbocycles. The molecule has 20 heavy (non-hydrogen) atoms. The van der Waals surface area contributed by atoms with Gasteiger partial charge in [-0.2, -0.15) is 0 Å². The van der Waals surface area contributed by atoms with Gasteiger partial charge in [0.05, 0.1) is 0 Å². The van der Waals surface area contributed by atoms with E-state index in [2.05, 4.69) is 17.6 Å². The van der Waals surface area contributed by atoms with Gasteiger partial charge in [0.2, 0.25) is 0 Å². The zero-order valence-corrected chi connectivity index (χ0v) is 12.7. The lowest BCUT2D eigenvalue weighted by molar-refractivity contribution is -0.139. The van der Waals surface area contributed by atoms with Gasteiger partial charge in [0.25, 0.3) is 0 Å². The molecule has 0 aromatic carbocycles. The van der Waals surface area contributed by atoms with Crippen LogP contribution in [0.15, 0.2) is 0 Å². The third-order valence-corrected chi connectivity index (χ3v) is 4.06. The Kier molecular flexibility index (Phi) is 7.41. The maximum Gasteiger partial charge on any atom is 0.326 e. The smallest absolute Gasteiger partial charge is 0.326 e. The topological polar surface area (TPSA) is 78.4 Å². The molecule has 0 aliphatic heterocycles. The summed E-state index contributed by atoms with van der Waals surface area (Å²) in [6.07, 6.45) is 7.29. The molecule has 1 saturated carbocycles. The van der Waals surface area contributed by atoms with E-state index in [4.69, 9.17) is 5.11 Å². The molecule has 0 spiro atoms. The Labute approximate surface area is 121 Å². The van der Waals surface area contributed by atoms with Gasteiger partial charge in [0.1, 0.15) is 6.04 Å². The van der Waals surface area contributed by atoms with E-state index < -0.39 is 12.0 Å². The normalized spacial score (nSPS) is 23.9. The van der Waals surface area contributed by atoms with E-state index in [9.17, 15) is 9.59 Å². The fourth-order valence-electron chi connectivity index (χ4n) is 2.97. The van der Waals surface area contributed by atoms with Crippen molar-refractivity contribution in [1.82, 2.24) is 10.6 Å². The number of nitrogens with one attached hydrogen (secondary N) is 2. The molecule has 0 bridgehead atoms. The predicted octanol–water partition coefficient (Wildman–Crippen LogP) is 2.76. The summed E-state index contributed by atoms with van der Waals surface area (Å²) in [5.41, 5.74) is 0. The molecule has 1 aliphatic rings. The van der Waals surface area contributed by atoms with E-state index in [0.29, 0.717) is 18.9 Å². The lowest BCUT2D eigenvalue weighted by Gasteiger charge is -2.26. The third-order valence-electron chi connectivity index (χ3n) is 4.06. The van der Waals surface area contributed by atoms with Crippen molar-refractivity contribution < 1.29 is 14.7 Å². The van der Waals surface area contributed by atoms with Crippen LogP contribution in [0.5, 0.6) is 0 Å². The van der Waals surface area contributed by atoms with Crippen molar-refractivity contribution in [1.29, 1.82) is 0 Å². The van der Waals surface area contributed by atoms with E-state index in [0.717, 1.165) is 18.8 Å². The minimum atomic E-state index is -0.969. The van der Waals surface area contributed by atoms with Crippen molar-refractivity contribution in [2.24, 2.45) is 11.8 Å². The molecule has 5 heteroatoms. The molecule has 3 atom stereocenters. The van der Waals surface area contributed by atoms with Gasteiger partial charge >= 0.3 is 12.0 Å². The van der Waals surface area contributed by atoms with Gasteiger partial charge < -0.3 is 15.7 Å². The summed E-state index contributed by atoms with van der Waals surface area (Å²) in [5.74, 6) is 0.525. The highest BCUT2D eigenvalue weighted by molar-refractivity contribution is 5.82. The van der Waals surface area contributed by atoms with E-state index in [1.54, 1.807) is 0 Å². The molecule has 1 rings (SSSR count). The number of hydrogen-bond donors (Lipinski definition) is 3. The summed E-state index contributed by atoms with van der Waals surface area (Å²) < 4.78 is 0. The van der Waals surface area contributed by atoms with Crippen LogP contribution in [0.1, 0.15) is 58.8 Å². The average Bonchev–Trinajstić information content (AvgIpc) is 2.38. The van der Waals surface area contributed by atoms with Gasteiger partial charge in [-0.3, -0.25) is 0 Å². The van der Waals surface area contributed by atoms with E-state index >= 15 is 0 Å². The summed E-state index contributed by atoms with van der Waals surface area (Å²) in [6, 6.07) is -1.15. The number of rotatable bonds is 7. The minimum absolute atomic E-state index is 0.366. The maximum absolute atomic E-state index is 11.7. The van der Waals surface area contributed by atoms with Gasteiger partial charge in [0, 0.05) is 6.54 Å². The summed E-state index contributed by atoms with van der Waals surface area (Å²) in [4.78, 5) is 22.6. The third kappa shape index (κ3) is 6.26. The number of carbonyl (C=O) groups excluding carboxylic acids is 1. The van der Waals surface area contributed by atoms with Crippen molar-refractivity contribution >= 4 is 12.0 Å². The fraction of sp³-hybridized carbons (Fsp3) is 0.867. The van der Waals surface area contributed by atoms with Crippen LogP contribution in [0.4, 0.5) is 4.79 Å². The van der Waals surface area contributed by atoms with Crippen LogP contribution in [0.3, 0.4) is 0 Å². The highest BCUT2D eigenvalue weighted by Crippen LogP contribution is 2.30. The Morgan fingerprint density at radius 1 is 1.35 bits per heavy atom. The summed E-state index contributed by atoms with van der Waals surface area (Å²) in [6.45, 7) is 4.82. The molecule has 0 saturated heterocycles. The van der Waals surface area contributed by atoms with Crippen LogP contribution < -0.4 is 10.6 Å². The number of carboxylic acids is 1. The molecule has 0 heterocycles. The Morgan fingerprint density at radius 3 is 2.70 bits per heavy atom.